The van der Waals surface area contributed by atoms with Crippen LogP contribution in [-0.4, -0.2) is 44.1 Å². The molecular formula is C19H18N6O3. The molecule has 9 nitrogen and oxygen atoms in total. The average Bonchev–Trinajstić information content (AvgIpc) is 3.15. The number of nitriles is 1. The van der Waals surface area contributed by atoms with E-state index >= 15 is 0 Å². The molecular weight excluding hydrogens is 360 g/mol. The van der Waals surface area contributed by atoms with E-state index < -0.39 is 18.0 Å². The maximum absolute atomic E-state index is 12.8. The van der Waals surface area contributed by atoms with Gasteiger partial charge in [0.1, 0.15) is 0 Å². The van der Waals surface area contributed by atoms with Crippen molar-refractivity contribution in [2.45, 2.75) is 26.4 Å². The van der Waals surface area contributed by atoms with Crippen molar-refractivity contribution in [1.82, 2.24) is 19.6 Å². The summed E-state index contributed by atoms with van der Waals surface area (Å²) in [6.07, 6.45) is 0.639. The van der Waals surface area contributed by atoms with Crippen LogP contribution in [0.25, 0.3) is 5.78 Å². The number of benzene rings is 1. The highest BCUT2D eigenvalue weighted by Crippen LogP contribution is 2.16. The second-order valence-corrected chi connectivity index (χ2v) is 6.01. The first-order valence-corrected chi connectivity index (χ1v) is 8.64. The largest absolute Gasteiger partial charge is 0.447 e. The zero-order chi connectivity index (χ0) is 20.1. The number of para-hydroxylation sites is 1. The fourth-order valence-corrected chi connectivity index (χ4v) is 2.61. The van der Waals surface area contributed by atoms with Crippen LogP contribution in [0.15, 0.2) is 42.6 Å². The van der Waals surface area contributed by atoms with E-state index in [-0.39, 0.29) is 24.6 Å². The Morgan fingerprint density at radius 2 is 2.04 bits per heavy atom. The minimum absolute atomic E-state index is 0.153. The predicted octanol–water partition coefficient (Wildman–Crippen LogP) is 1.92. The van der Waals surface area contributed by atoms with Gasteiger partial charge in [-0.3, -0.25) is 4.79 Å². The molecule has 0 bridgehead atoms. The van der Waals surface area contributed by atoms with Crippen molar-refractivity contribution in [3.63, 3.8) is 0 Å². The van der Waals surface area contributed by atoms with E-state index in [4.69, 9.17) is 10.00 Å². The predicted molar refractivity (Wildman–Crippen MR) is 99.4 cm³/mol. The molecule has 0 aliphatic rings. The van der Waals surface area contributed by atoms with Gasteiger partial charge in [-0.05, 0) is 32.0 Å². The van der Waals surface area contributed by atoms with Crippen molar-refractivity contribution in [1.29, 1.82) is 5.26 Å². The molecule has 0 saturated carbocycles. The maximum atomic E-state index is 12.8. The van der Waals surface area contributed by atoms with Crippen molar-refractivity contribution >= 4 is 23.3 Å². The number of hydrogen-bond acceptors (Lipinski definition) is 7. The van der Waals surface area contributed by atoms with Crippen molar-refractivity contribution in [2.75, 3.05) is 11.4 Å². The summed E-state index contributed by atoms with van der Waals surface area (Å²) < 4.78 is 6.69. The maximum Gasteiger partial charge on any atom is 0.379 e. The van der Waals surface area contributed by atoms with Gasteiger partial charge in [0.05, 0.1) is 12.5 Å². The average molecular weight is 378 g/mol. The summed E-state index contributed by atoms with van der Waals surface area (Å²) in [6, 6.07) is 12.7. The highest BCUT2D eigenvalue weighted by molar-refractivity contribution is 5.98. The molecule has 3 rings (SSSR count). The molecule has 2 aromatic heterocycles. The zero-order valence-corrected chi connectivity index (χ0v) is 15.4. The van der Waals surface area contributed by atoms with E-state index in [1.165, 1.54) is 16.3 Å². The molecule has 0 radical (unpaired) electrons. The first-order chi connectivity index (χ1) is 13.5. The van der Waals surface area contributed by atoms with E-state index in [0.29, 0.717) is 5.69 Å². The van der Waals surface area contributed by atoms with Gasteiger partial charge in [0.15, 0.2) is 6.10 Å². The van der Waals surface area contributed by atoms with E-state index in [1.54, 1.807) is 43.5 Å². The number of ether oxygens (including phenoxy) is 1. The molecule has 9 heteroatoms. The first-order valence-electron chi connectivity index (χ1n) is 8.64. The Morgan fingerprint density at radius 1 is 1.29 bits per heavy atom. The highest BCUT2D eigenvalue weighted by atomic mass is 16.5. The third-order valence-electron chi connectivity index (χ3n) is 4.03. The number of carbonyl (C=O) groups is 2. The van der Waals surface area contributed by atoms with Crippen molar-refractivity contribution in [3.8, 4) is 6.07 Å². The van der Waals surface area contributed by atoms with E-state index in [1.807, 2.05) is 12.1 Å². The van der Waals surface area contributed by atoms with Gasteiger partial charge < -0.3 is 9.64 Å². The zero-order valence-electron chi connectivity index (χ0n) is 15.4. The molecule has 0 saturated heterocycles. The Morgan fingerprint density at radius 3 is 2.71 bits per heavy atom. The molecule has 0 fully saturated rings. The Hall–Kier alpha value is -3.80. The smallest absolute Gasteiger partial charge is 0.379 e. The normalized spacial score (nSPS) is 11.6. The van der Waals surface area contributed by atoms with Crippen LogP contribution in [0.4, 0.5) is 5.69 Å². The van der Waals surface area contributed by atoms with Crippen LogP contribution in [0.3, 0.4) is 0 Å². The monoisotopic (exact) mass is 378 g/mol. The van der Waals surface area contributed by atoms with Crippen molar-refractivity contribution in [3.05, 3.63) is 54.1 Å². The molecule has 1 atom stereocenters. The van der Waals surface area contributed by atoms with Crippen LogP contribution in [0.1, 0.15) is 29.7 Å². The number of nitrogens with zero attached hydrogens (tertiary/aromatic N) is 6. The SMILES string of the molecule is Cc1ccnc2nc(C(=O)O[C@H](C)C(=O)N(CCC#N)c3ccccc3)nn12. The van der Waals surface area contributed by atoms with Crippen LogP contribution in [0.2, 0.25) is 0 Å². The first kappa shape index (κ1) is 19.0. The van der Waals surface area contributed by atoms with Gasteiger partial charge in [0, 0.05) is 24.1 Å². The van der Waals surface area contributed by atoms with Crippen LogP contribution in [0.5, 0.6) is 0 Å². The summed E-state index contributed by atoms with van der Waals surface area (Å²) in [7, 11) is 0. The lowest BCUT2D eigenvalue weighted by atomic mass is 10.2. The molecule has 1 amide bonds. The second-order valence-electron chi connectivity index (χ2n) is 6.01. The quantitative estimate of drug-likeness (QED) is 0.602. The summed E-state index contributed by atoms with van der Waals surface area (Å²) in [5, 5.41) is 12.9. The van der Waals surface area contributed by atoms with Gasteiger partial charge >= 0.3 is 5.97 Å². The number of anilines is 1. The van der Waals surface area contributed by atoms with Crippen LogP contribution in [-0.2, 0) is 9.53 Å². The highest BCUT2D eigenvalue weighted by Gasteiger charge is 2.27. The number of amides is 1. The lowest BCUT2D eigenvalue weighted by Crippen LogP contribution is -2.40. The number of fused-ring (bicyclic) bond motifs is 1. The molecule has 1 aromatic carbocycles. The number of esters is 1. The number of aromatic nitrogens is 4. The van der Waals surface area contributed by atoms with Gasteiger partial charge in [-0.1, -0.05) is 18.2 Å². The summed E-state index contributed by atoms with van der Waals surface area (Å²) in [6.45, 7) is 3.47. The number of rotatable bonds is 6. The van der Waals surface area contributed by atoms with Gasteiger partial charge in [-0.25, -0.2) is 14.3 Å². The number of aryl methyl sites for hydroxylation is 1. The third kappa shape index (κ3) is 3.96. The molecule has 0 unspecified atom stereocenters. The number of carbonyl (C=O) groups excluding carboxylic acids is 2. The molecule has 3 aromatic rings. The minimum Gasteiger partial charge on any atom is -0.447 e. The van der Waals surface area contributed by atoms with Crippen LogP contribution < -0.4 is 4.90 Å². The van der Waals surface area contributed by atoms with Gasteiger partial charge in [0.2, 0.25) is 0 Å². The Kier molecular flexibility index (Phi) is 5.60. The number of hydrogen-bond donors (Lipinski definition) is 0. The molecule has 0 aliphatic heterocycles. The van der Waals surface area contributed by atoms with E-state index in [2.05, 4.69) is 15.1 Å². The topological polar surface area (TPSA) is 113 Å². The molecule has 0 aliphatic carbocycles. The second kappa shape index (κ2) is 8.26. The fourth-order valence-electron chi connectivity index (χ4n) is 2.61. The van der Waals surface area contributed by atoms with Gasteiger partial charge in [-0.15, -0.1) is 5.10 Å². The summed E-state index contributed by atoms with van der Waals surface area (Å²) in [4.78, 5) is 34.7. The van der Waals surface area contributed by atoms with Crippen LogP contribution >= 0.6 is 0 Å². The molecule has 28 heavy (non-hydrogen) atoms. The lowest BCUT2D eigenvalue weighted by molar-refractivity contribution is -0.126. The Bertz CT molecular complexity index is 1040. The van der Waals surface area contributed by atoms with Gasteiger partial charge in [-0.2, -0.15) is 10.2 Å². The summed E-state index contributed by atoms with van der Waals surface area (Å²) in [5.41, 5.74) is 1.38. The Labute approximate surface area is 161 Å². The van der Waals surface area contributed by atoms with Gasteiger partial charge in [0.25, 0.3) is 17.5 Å². The molecule has 2 heterocycles. The van der Waals surface area contributed by atoms with E-state index in [9.17, 15) is 9.59 Å². The fraction of sp³-hybridized carbons (Fsp3) is 0.263. The van der Waals surface area contributed by atoms with Crippen LogP contribution in [0, 0.1) is 18.3 Å². The Balaban J connectivity index is 1.76. The summed E-state index contributed by atoms with van der Waals surface area (Å²) in [5.74, 6) is -1.16. The molecule has 0 spiro atoms. The van der Waals surface area contributed by atoms with Crippen molar-refractivity contribution < 1.29 is 14.3 Å². The third-order valence-corrected chi connectivity index (χ3v) is 4.03. The summed E-state index contributed by atoms with van der Waals surface area (Å²) >= 11 is 0. The molecule has 0 N–H and O–H groups in total. The lowest BCUT2D eigenvalue weighted by Gasteiger charge is -2.24. The minimum atomic E-state index is -1.08. The molecule has 142 valence electrons. The van der Waals surface area contributed by atoms with Crippen molar-refractivity contribution in [2.24, 2.45) is 0 Å². The standard InChI is InChI=1S/C19H18N6O3/c1-13-9-11-21-19-22-16(23-25(13)19)18(27)28-14(2)17(26)24(12-6-10-20)15-7-4-3-5-8-15/h3-5,7-9,11,14H,6,12H2,1-2H3/t14-/m1/s1. The van der Waals surface area contributed by atoms with E-state index in [0.717, 1.165) is 5.69 Å².